The first-order chi connectivity index (χ1) is 14.8. The van der Waals surface area contributed by atoms with Gasteiger partial charge in [0.05, 0.1) is 11.4 Å². The maximum atomic E-state index is 13.0. The summed E-state index contributed by atoms with van der Waals surface area (Å²) in [6.07, 6.45) is 3.31. The average Bonchev–Trinajstić information content (AvgIpc) is 3.08. The van der Waals surface area contributed by atoms with E-state index in [1.54, 1.807) is 24.3 Å². The molecule has 2 aliphatic rings. The molecule has 166 valence electrons. The fraction of sp³-hybridized carbons (Fsp3) is 0.478. The predicted molar refractivity (Wildman–Crippen MR) is 123 cm³/mol. The Hall–Kier alpha value is -2.61. The van der Waals surface area contributed by atoms with Gasteiger partial charge in [0.25, 0.3) is 5.91 Å². The quantitative estimate of drug-likeness (QED) is 0.728. The van der Waals surface area contributed by atoms with Crippen LogP contribution in [0.2, 0.25) is 0 Å². The number of pyridine rings is 1. The lowest BCUT2D eigenvalue weighted by Gasteiger charge is -2.36. The number of rotatable bonds is 4. The molecule has 4 rings (SSSR count). The van der Waals surface area contributed by atoms with Crippen molar-refractivity contribution in [2.75, 3.05) is 41.1 Å². The van der Waals surface area contributed by atoms with E-state index in [0.29, 0.717) is 30.8 Å². The molecule has 2 saturated heterocycles. The Morgan fingerprint density at radius 2 is 1.77 bits per heavy atom. The number of piperazine rings is 1. The van der Waals surface area contributed by atoms with Crippen LogP contribution < -0.4 is 9.21 Å². The maximum Gasteiger partial charge on any atom is 0.253 e. The minimum absolute atomic E-state index is 0.00142. The van der Waals surface area contributed by atoms with Crippen LogP contribution in [0.15, 0.2) is 36.5 Å². The molecular weight excluding hydrogens is 412 g/mol. The van der Waals surface area contributed by atoms with Crippen LogP contribution in [0.4, 0.5) is 11.5 Å². The molecule has 0 unspecified atom stereocenters. The molecular formula is C23H30N4O3S. The van der Waals surface area contributed by atoms with E-state index >= 15 is 0 Å². The van der Waals surface area contributed by atoms with Crippen molar-refractivity contribution in [3.05, 3.63) is 53.2 Å². The van der Waals surface area contributed by atoms with Gasteiger partial charge in [0, 0.05) is 44.0 Å². The van der Waals surface area contributed by atoms with Crippen molar-refractivity contribution in [1.29, 1.82) is 0 Å². The Labute approximate surface area is 184 Å². The molecule has 2 aliphatic heterocycles. The number of hydrogen-bond acceptors (Lipinski definition) is 5. The third-order valence-electron chi connectivity index (χ3n) is 6.23. The van der Waals surface area contributed by atoms with E-state index in [4.69, 9.17) is 0 Å². The first-order valence-corrected chi connectivity index (χ1v) is 12.5. The topological polar surface area (TPSA) is 73.8 Å². The molecule has 1 atom stereocenters. The Bertz CT molecular complexity index is 1060. The molecule has 7 nitrogen and oxygen atoms in total. The molecule has 0 aliphatic carbocycles. The highest BCUT2D eigenvalue weighted by Crippen LogP contribution is 2.31. The monoisotopic (exact) mass is 442 g/mol. The fourth-order valence-electron chi connectivity index (χ4n) is 4.56. The summed E-state index contributed by atoms with van der Waals surface area (Å²) in [5, 5.41) is 0. The minimum Gasteiger partial charge on any atom is -0.353 e. The highest BCUT2D eigenvalue weighted by molar-refractivity contribution is 7.93. The van der Waals surface area contributed by atoms with Crippen LogP contribution in [0.3, 0.4) is 0 Å². The number of benzene rings is 1. The van der Waals surface area contributed by atoms with E-state index < -0.39 is 10.0 Å². The van der Waals surface area contributed by atoms with Gasteiger partial charge < -0.3 is 9.80 Å². The number of amides is 1. The van der Waals surface area contributed by atoms with Crippen LogP contribution >= 0.6 is 0 Å². The van der Waals surface area contributed by atoms with E-state index in [-0.39, 0.29) is 17.7 Å². The second-order valence-electron chi connectivity index (χ2n) is 8.44. The standard InChI is InChI=1S/C23H30N4O3S/c1-4-20-9-14-31(29,30)27(20)21-7-5-19(6-8-21)23(28)26-12-10-25(11-13-26)22-18(3)15-17(2)16-24-22/h5-8,15-16,20H,4,9-14H2,1-3H3/t20-/m1/s1. The van der Waals surface area contributed by atoms with Gasteiger partial charge in [-0.15, -0.1) is 0 Å². The Morgan fingerprint density at radius 3 is 2.39 bits per heavy atom. The molecule has 2 fully saturated rings. The molecule has 1 amide bonds. The Morgan fingerprint density at radius 1 is 1.10 bits per heavy atom. The van der Waals surface area contributed by atoms with Gasteiger partial charge in [-0.2, -0.15) is 0 Å². The predicted octanol–water partition coefficient (Wildman–Crippen LogP) is 2.98. The molecule has 1 aromatic carbocycles. The number of carbonyl (C=O) groups excluding carboxylic acids is 1. The van der Waals surface area contributed by atoms with Crippen LogP contribution in [-0.2, 0) is 10.0 Å². The summed E-state index contributed by atoms with van der Waals surface area (Å²) in [6, 6.07) is 9.14. The molecule has 3 heterocycles. The number of hydrogen-bond donors (Lipinski definition) is 0. The van der Waals surface area contributed by atoms with Crippen LogP contribution in [-0.4, -0.2) is 62.2 Å². The van der Waals surface area contributed by atoms with Crippen molar-refractivity contribution in [3.63, 3.8) is 0 Å². The number of sulfonamides is 1. The molecule has 0 N–H and O–H groups in total. The molecule has 0 saturated carbocycles. The zero-order chi connectivity index (χ0) is 22.2. The Balaban J connectivity index is 1.42. The molecule has 0 bridgehead atoms. The summed E-state index contributed by atoms with van der Waals surface area (Å²) >= 11 is 0. The molecule has 0 radical (unpaired) electrons. The lowest BCUT2D eigenvalue weighted by atomic mass is 10.1. The van der Waals surface area contributed by atoms with Gasteiger partial charge in [-0.25, -0.2) is 13.4 Å². The summed E-state index contributed by atoms with van der Waals surface area (Å²) in [4.78, 5) is 21.6. The van der Waals surface area contributed by atoms with Gasteiger partial charge >= 0.3 is 0 Å². The lowest BCUT2D eigenvalue weighted by Crippen LogP contribution is -2.49. The smallest absolute Gasteiger partial charge is 0.253 e. The number of aromatic nitrogens is 1. The van der Waals surface area contributed by atoms with Gasteiger partial charge in [-0.05, 0) is 62.1 Å². The van der Waals surface area contributed by atoms with Gasteiger partial charge in [0.1, 0.15) is 5.82 Å². The first-order valence-electron chi connectivity index (χ1n) is 10.9. The number of anilines is 2. The highest BCUT2D eigenvalue weighted by atomic mass is 32.2. The summed E-state index contributed by atoms with van der Waals surface area (Å²) < 4.78 is 26.4. The second kappa shape index (κ2) is 8.49. The summed E-state index contributed by atoms with van der Waals surface area (Å²) in [5.41, 5.74) is 3.53. The molecule has 8 heteroatoms. The second-order valence-corrected chi connectivity index (χ2v) is 10.4. The minimum atomic E-state index is -3.27. The summed E-state index contributed by atoms with van der Waals surface area (Å²) in [6.45, 7) is 8.85. The number of carbonyl (C=O) groups is 1. The van der Waals surface area contributed by atoms with Crippen molar-refractivity contribution < 1.29 is 13.2 Å². The van der Waals surface area contributed by atoms with Gasteiger partial charge in [-0.1, -0.05) is 13.0 Å². The van der Waals surface area contributed by atoms with Crippen LogP contribution in [0.5, 0.6) is 0 Å². The van der Waals surface area contributed by atoms with E-state index in [2.05, 4.69) is 22.9 Å². The molecule has 31 heavy (non-hydrogen) atoms. The molecule has 1 aromatic heterocycles. The molecule has 2 aromatic rings. The van der Waals surface area contributed by atoms with Crippen LogP contribution in [0.1, 0.15) is 41.3 Å². The van der Waals surface area contributed by atoms with E-state index in [1.807, 2.05) is 24.9 Å². The zero-order valence-corrected chi connectivity index (χ0v) is 19.2. The van der Waals surface area contributed by atoms with E-state index in [1.165, 1.54) is 4.31 Å². The summed E-state index contributed by atoms with van der Waals surface area (Å²) in [7, 11) is -3.27. The SMILES string of the molecule is CC[C@@H]1CCS(=O)(=O)N1c1ccc(C(=O)N2CCN(c3ncc(C)cc3C)CC2)cc1. The van der Waals surface area contributed by atoms with Gasteiger partial charge in [0.2, 0.25) is 10.0 Å². The number of nitrogens with zero attached hydrogens (tertiary/aromatic N) is 4. The van der Waals surface area contributed by atoms with Gasteiger partial charge in [-0.3, -0.25) is 9.10 Å². The van der Waals surface area contributed by atoms with Crippen molar-refractivity contribution >= 4 is 27.4 Å². The molecule has 0 spiro atoms. The third-order valence-corrected chi connectivity index (χ3v) is 8.09. The highest BCUT2D eigenvalue weighted by Gasteiger charge is 2.36. The zero-order valence-electron chi connectivity index (χ0n) is 18.4. The number of aryl methyl sites for hydroxylation is 2. The first kappa shape index (κ1) is 21.6. The third kappa shape index (κ3) is 4.26. The maximum absolute atomic E-state index is 13.0. The van der Waals surface area contributed by atoms with Crippen LogP contribution in [0.25, 0.3) is 0 Å². The van der Waals surface area contributed by atoms with Crippen molar-refractivity contribution in [2.45, 2.75) is 39.7 Å². The normalized spacial score (nSPS) is 20.9. The van der Waals surface area contributed by atoms with Crippen molar-refractivity contribution in [1.82, 2.24) is 9.88 Å². The summed E-state index contributed by atoms with van der Waals surface area (Å²) in [5.74, 6) is 1.15. The van der Waals surface area contributed by atoms with E-state index in [9.17, 15) is 13.2 Å². The average molecular weight is 443 g/mol. The Kier molecular flexibility index (Phi) is 5.92. The van der Waals surface area contributed by atoms with Crippen LogP contribution in [0, 0.1) is 13.8 Å². The lowest BCUT2D eigenvalue weighted by molar-refractivity contribution is 0.0746. The van der Waals surface area contributed by atoms with Gasteiger partial charge in [0.15, 0.2) is 0 Å². The van der Waals surface area contributed by atoms with Crippen molar-refractivity contribution in [2.24, 2.45) is 0 Å². The fourth-order valence-corrected chi connectivity index (χ4v) is 6.48. The largest absolute Gasteiger partial charge is 0.353 e. The van der Waals surface area contributed by atoms with E-state index in [0.717, 1.165) is 36.5 Å². The van der Waals surface area contributed by atoms with Crippen molar-refractivity contribution in [3.8, 4) is 0 Å².